The van der Waals surface area contributed by atoms with E-state index in [2.05, 4.69) is 16.7 Å². The molecule has 0 saturated carbocycles. The maximum Gasteiger partial charge on any atom is 0.451 e. The van der Waals surface area contributed by atoms with Crippen LogP contribution < -0.4 is 0 Å². The second-order valence-corrected chi connectivity index (χ2v) is 5.60. The molecule has 0 N–H and O–H groups in total. The molecule has 2 rings (SSSR count). The van der Waals surface area contributed by atoms with Crippen LogP contribution in [0.4, 0.5) is 0 Å². The Labute approximate surface area is 95.1 Å². The Morgan fingerprint density at radius 3 is 1.47 bits per heavy atom. The van der Waals surface area contributed by atoms with E-state index in [1.807, 2.05) is 0 Å². The highest BCUT2D eigenvalue weighted by Gasteiger charge is 2.60. The van der Waals surface area contributed by atoms with Gasteiger partial charge in [0.25, 0.3) is 0 Å². The van der Waals surface area contributed by atoms with Crippen molar-refractivity contribution in [2.24, 2.45) is 5.41 Å². The molecule has 2 heterocycles. The summed E-state index contributed by atoms with van der Waals surface area (Å²) >= 11 is 0. The van der Waals surface area contributed by atoms with Crippen LogP contribution in [-0.4, -0.2) is 42.0 Å². The van der Waals surface area contributed by atoms with E-state index in [-0.39, 0.29) is 0 Å². The fourth-order valence-corrected chi connectivity index (χ4v) is 2.58. The molecule has 0 bridgehead atoms. The maximum atomic E-state index is 11.4. The third-order valence-corrected chi connectivity index (χ3v) is 3.56. The van der Waals surface area contributed by atoms with Gasteiger partial charge in [0.15, 0.2) is 0 Å². The molecule has 96 valence electrons. The summed E-state index contributed by atoms with van der Waals surface area (Å²) in [6.45, 7) is -1.88. The van der Waals surface area contributed by atoms with Crippen molar-refractivity contribution < 1.29 is 43.2 Å². The van der Waals surface area contributed by atoms with E-state index >= 15 is 0 Å². The number of hydrogen-bond acceptors (Lipinski definition) is 10. The lowest BCUT2D eigenvalue weighted by Gasteiger charge is -2.32. The molecule has 2 aliphatic heterocycles. The second kappa shape index (κ2) is 3.38. The first-order valence-corrected chi connectivity index (χ1v) is 6.60. The smallest absolute Gasteiger partial charge is 0.323 e. The molecule has 0 aromatic carbocycles. The average Bonchev–Trinajstić information content (AvgIpc) is 2.13. The van der Waals surface area contributed by atoms with Crippen LogP contribution in [-0.2, 0) is 47.1 Å². The monoisotopic (exact) mass is 288 g/mol. The molecule has 10 nitrogen and oxygen atoms in total. The van der Waals surface area contributed by atoms with Gasteiger partial charge in [-0.3, -0.25) is 0 Å². The Bertz CT molecular complexity index is 528. The van der Waals surface area contributed by atoms with E-state index in [9.17, 15) is 26.4 Å². The molecule has 0 aromatic rings. The van der Waals surface area contributed by atoms with E-state index in [4.69, 9.17) is 0 Å². The zero-order chi connectivity index (χ0) is 12.9. The minimum atomic E-state index is -4.52. The van der Waals surface area contributed by atoms with Crippen molar-refractivity contribution >= 4 is 32.7 Å². The molecule has 0 radical (unpaired) electrons. The van der Waals surface area contributed by atoms with Gasteiger partial charge in [-0.05, 0) is 0 Å². The van der Waals surface area contributed by atoms with Gasteiger partial charge in [-0.15, -0.1) is 0 Å². The van der Waals surface area contributed by atoms with Crippen LogP contribution in [0, 0.1) is 5.41 Å². The number of hydrogen-bond donors (Lipinski definition) is 0. The van der Waals surface area contributed by atoms with Crippen molar-refractivity contribution in [3.05, 3.63) is 0 Å². The Balaban J connectivity index is 2.34. The Morgan fingerprint density at radius 1 is 0.824 bits per heavy atom. The number of carbonyl (C=O) groups is 2. The summed E-state index contributed by atoms with van der Waals surface area (Å²) in [6.07, 6.45) is 0. The second-order valence-electron chi connectivity index (χ2n) is 3.16. The molecule has 0 unspecified atom stereocenters. The highest BCUT2D eigenvalue weighted by molar-refractivity contribution is 7.82. The van der Waals surface area contributed by atoms with Crippen molar-refractivity contribution in [2.75, 3.05) is 13.2 Å². The lowest BCUT2D eigenvalue weighted by molar-refractivity contribution is -0.173. The van der Waals surface area contributed by atoms with Crippen molar-refractivity contribution in [1.29, 1.82) is 0 Å². The zero-order valence-corrected chi connectivity index (χ0v) is 9.45. The summed E-state index contributed by atoms with van der Waals surface area (Å²) in [5, 5.41) is 0. The Hall–Kier alpha value is -1.24. The van der Waals surface area contributed by atoms with Gasteiger partial charge in [-0.1, -0.05) is 0 Å². The normalized spacial score (nSPS) is 29.4. The SMILES string of the molecule is O=C1OS(=O)(=O)OCC12COS(=O)(=O)OC2=O. The molecule has 1 spiro atoms. The van der Waals surface area contributed by atoms with Crippen LogP contribution in [0.2, 0.25) is 0 Å². The van der Waals surface area contributed by atoms with Crippen LogP contribution in [0.15, 0.2) is 0 Å². The molecule has 0 aliphatic carbocycles. The van der Waals surface area contributed by atoms with E-state index in [0.717, 1.165) is 0 Å². The molecule has 17 heavy (non-hydrogen) atoms. The van der Waals surface area contributed by atoms with Gasteiger partial charge in [0.1, 0.15) is 0 Å². The molecule has 0 atom stereocenters. The van der Waals surface area contributed by atoms with Gasteiger partial charge in [0, 0.05) is 0 Å². The summed E-state index contributed by atoms with van der Waals surface area (Å²) in [7, 11) is -9.04. The van der Waals surface area contributed by atoms with Gasteiger partial charge in [-0.25, -0.2) is 18.0 Å². The lowest BCUT2D eigenvalue weighted by atomic mass is 9.91. The van der Waals surface area contributed by atoms with E-state index < -0.39 is 51.4 Å². The van der Waals surface area contributed by atoms with Crippen LogP contribution in [0.3, 0.4) is 0 Å². The van der Waals surface area contributed by atoms with Crippen LogP contribution in [0.1, 0.15) is 0 Å². The highest BCUT2D eigenvalue weighted by Crippen LogP contribution is 2.33. The van der Waals surface area contributed by atoms with Gasteiger partial charge in [0.2, 0.25) is 5.41 Å². The van der Waals surface area contributed by atoms with Crippen LogP contribution in [0.25, 0.3) is 0 Å². The van der Waals surface area contributed by atoms with Crippen molar-refractivity contribution in [3.8, 4) is 0 Å². The number of rotatable bonds is 0. The summed E-state index contributed by atoms with van der Waals surface area (Å²) in [5.41, 5.74) is -2.24. The average molecular weight is 288 g/mol. The molecule has 2 saturated heterocycles. The molecular weight excluding hydrogens is 284 g/mol. The summed E-state index contributed by atoms with van der Waals surface area (Å²) < 4.78 is 58.9. The fourth-order valence-electron chi connectivity index (χ4n) is 1.10. The molecule has 12 heteroatoms. The molecule has 0 amide bonds. The topological polar surface area (TPSA) is 139 Å². The first kappa shape index (κ1) is 12.2. The third kappa shape index (κ3) is 1.99. The Kier molecular flexibility index (Phi) is 2.43. The van der Waals surface area contributed by atoms with Gasteiger partial charge >= 0.3 is 32.7 Å². The molecule has 0 aromatic heterocycles. The summed E-state index contributed by atoms with van der Waals surface area (Å²) in [4.78, 5) is 22.7. The van der Waals surface area contributed by atoms with Crippen LogP contribution >= 0.6 is 0 Å². The fraction of sp³-hybridized carbons (Fsp3) is 0.600. The van der Waals surface area contributed by atoms with Crippen molar-refractivity contribution in [2.45, 2.75) is 0 Å². The van der Waals surface area contributed by atoms with E-state index in [1.165, 1.54) is 0 Å². The lowest BCUT2D eigenvalue weighted by Crippen LogP contribution is -2.56. The highest BCUT2D eigenvalue weighted by atomic mass is 32.3. The van der Waals surface area contributed by atoms with Crippen molar-refractivity contribution in [1.82, 2.24) is 0 Å². The van der Waals surface area contributed by atoms with Crippen molar-refractivity contribution in [3.63, 3.8) is 0 Å². The summed E-state index contributed by atoms with van der Waals surface area (Å²) in [6, 6.07) is 0. The van der Waals surface area contributed by atoms with Gasteiger partial charge in [-0.2, -0.15) is 16.8 Å². The van der Waals surface area contributed by atoms with E-state index in [0.29, 0.717) is 0 Å². The summed E-state index contributed by atoms with van der Waals surface area (Å²) in [5.74, 6) is -3.02. The number of carbonyl (C=O) groups excluding carboxylic acids is 2. The van der Waals surface area contributed by atoms with Crippen LogP contribution in [0.5, 0.6) is 0 Å². The van der Waals surface area contributed by atoms with Gasteiger partial charge < -0.3 is 8.37 Å². The zero-order valence-electron chi connectivity index (χ0n) is 7.81. The minimum absolute atomic E-state index is 0.942. The minimum Gasteiger partial charge on any atom is -0.323 e. The molecular formula is C5H4O10S2. The predicted octanol–water partition coefficient (Wildman–Crippen LogP) is -2.39. The Morgan fingerprint density at radius 2 is 1.18 bits per heavy atom. The first-order chi connectivity index (χ1) is 7.67. The standard InChI is InChI=1S/C5H4O10S2/c6-3-5(1-12-16(8,9)14-3)2-13-17(10,11)15-4(5)7/h1-2H2. The molecule has 2 fully saturated rings. The quantitative estimate of drug-likeness (QED) is 0.443. The molecule has 2 aliphatic rings. The third-order valence-electron chi connectivity index (χ3n) is 2.04. The maximum absolute atomic E-state index is 11.4. The van der Waals surface area contributed by atoms with Gasteiger partial charge in [0.05, 0.1) is 13.2 Å². The van der Waals surface area contributed by atoms with E-state index in [1.54, 1.807) is 0 Å². The largest absolute Gasteiger partial charge is 0.451 e. The predicted molar refractivity (Wildman–Crippen MR) is 44.4 cm³/mol. The first-order valence-electron chi connectivity index (χ1n) is 3.93.